The minimum atomic E-state index is -0.0106. The zero-order chi connectivity index (χ0) is 9.68. The number of rotatable bonds is 5. The fourth-order valence-electron chi connectivity index (χ4n) is 1.09. The molecule has 3 heteroatoms. The van der Waals surface area contributed by atoms with E-state index in [2.05, 4.69) is 13.2 Å². The van der Waals surface area contributed by atoms with Crippen LogP contribution in [0, 0.1) is 0 Å². The van der Waals surface area contributed by atoms with Gasteiger partial charge < -0.3 is 4.74 Å². The van der Waals surface area contributed by atoms with Crippen LogP contribution >= 0.6 is 0 Å². The normalized spacial score (nSPS) is 12.1. The Morgan fingerprint density at radius 1 is 1.62 bits per heavy atom. The van der Waals surface area contributed by atoms with Crippen molar-refractivity contribution >= 4 is 0 Å². The van der Waals surface area contributed by atoms with Crippen LogP contribution in [0.25, 0.3) is 0 Å². The van der Waals surface area contributed by atoms with Gasteiger partial charge in [0.2, 0.25) is 12.6 Å². The zero-order valence-corrected chi connectivity index (χ0v) is 7.89. The lowest BCUT2D eigenvalue weighted by Crippen LogP contribution is -2.36. The monoisotopic (exact) mass is 179 g/mol. The standard InChI is InChI=1S/C10H15N2O/c1-4-6-11-7-8-12(9-11)10(3)13-5-2/h4-5,7-10H,1-2,6H2,3H3/q+1. The third-order valence-electron chi connectivity index (χ3n) is 1.76. The van der Waals surface area contributed by atoms with E-state index in [1.54, 1.807) is 0 Å². The highest BCUT2D eigenvalue weighted by Crippen LogP contribution is 1.97. The second kappa shape index (κ2) is 4.50. The quantitative estimate of drug-likeness (QED) is 0.382. The predicted octanol–water partition coefficient (Wildman–Crippen LogP) is 1.64. The SMILES string of the molecule is C=CCn1cc[n+](C(C)OC=C)c1. The van der Waals surface area contributed by atoms with Crippen LogP contribution in [0.3, 0.4) is 0 Å². The summed E-state index contributed by atoms with van der Waals surface area (Å²) in [7, 11) is 0. The summed E-state index contributed by atoms with van der Waals surface area (Å²) < 4.78 is 9.19. The molecule has 1 heterocycles. The average Bonchev–Trinajstić information content (AvgIpc) is 2.54. The van der Waals surface area contributed by atoms with Gasteiger partial charge in [0, 0.05) is 6.92 Å². The van der Waals surface area contributed by atoms with E-state index in [9.17, 15) is 0 Å². The molecule has 1 rings (SSSR count). The summed E-state index contributed by atoms with van der Waals surface area (Å²) >= 11 is 0. The summed E-state index contributed by atoms with van der Waals surface area (Å²) in [6.45, 7) is 9.95. The molecule has 1 atom stereocenters. The first kappa shape index (κ1) is 9.58. The van der Waals surface area contributed by atoms with E-state index in [1.807, 2.05) is 40.9 Å². The van der Waals surface area contributed by atoms with Crippen molar-refractivity contribution in [2.75, 3.05) is 0 Å². The van der Waals surface area contributed by atoms with Crippen molar-refractivity contribution in [1.29, 1.82) is 0 Å². The number of aromatic nitrogens is 2. The molecular weight excluding hydrogens is 164 g/mol. The highest BCUT2D eigenvalue weighted by Gasteiger charge is 2.09. The van der Waals surface area contributed by atoms with Gasteiger partial charge in [-0.3, -0.25) is 0 Å². The first-order chi connectivity index (χ1) is 6.27. The first-order valence-electron chi connectivity index (χ1n) is 4.21. The number of hydrogen-bond acceptors (Lipinski definition) is 1. The number of nitrogens with zero attached hydrogens (tertiary/aromatic N) is 2. The summed E-state index contributed by atoms with van der Waals surface area (Å²) in [4.78, 5) is 0. The summed E-state index contributed by atoms with van der Waals surface area (Å²) in [5, 5.41) is 0. The Balaban J connectivity index is 2.66. The Kier molecular flexibility index (Phi) is 3.31. The van der Waals surface area contributed by atoms with Crippen LogP contribution in [-0.4, -0.2) is 4.57 Å². The smallest absolute Gasteiger partial charge is 0.247 e. The number of ether oxygens (including phenoxy) is 1. The van der Waals surface area contributed by atoms with Crippen molar-refractivity contribution in [3.05, 3.63) is 44.2 Å². The Morgan fingerprint density at radius 2 is 2.38 bits per heavy atom. The van der Waals surface area contributed by atoms with Gasteiger partial charge in [-0.15, -0.1) is 0 Å². The van der Waals surface area contributed by atoms with Crippen molar-refractivity contribution in [1.82, 2.24) is 4.57 Å². The second-order valence-corrected chi connectivity index (χ2v) is 2.75. The third kappa shape index (κ3) is 2.47. The van der Waals surface area contributed by atoms with Crippen molar-refractivity contribution in [2.24, 2.45) is 0 Å². The van der Waals surface area contributed by atoms with Crippen LogP contribution in [0.5, 0.6) is 0 Å². The molecule has 3 nitrogen and oxygen atoms in total. The Bertz CT molecular complexity index is 291. The zero-order valence-electron chi connectivity index (χ0n) is 7.89. The molecule has 0 spiro atoms. The second-order valence-electron chi connectivity index (χ2n) is 2.75. The number of hydrogen-bond donors (Lipinski definition) is 0. The Hall–Kier alpha value is -1.51. The van der Waals surface area contributed by atoms with Gasteiger partial charge in [0.05, 0.1) is 6.26 Å². The molecule has 0 aliphatic carbocycles. The fourth-order valence-corrected chi connectivity index (χ4v) is 1.09. The van der Waals surface area contributed by atoms with Crippen LogP contribution in [-0.2, 0) is 11.3 Å². The highest BCUT2D eigenvalue weighted by molar-refractivity contribution is 4.74. The van der Waals surface area contributed by atoms with Gasteiger partial charge in [-0.2, -0.15) is 4.57 Å². The summed E-state index contributed by atoms with van der Waals surface area (Å²) in [5.74, 6) is 0. The molecule has 0 aliphatic heterocycles. The van der Waals surface area contributed by atoms with Crippen LogP contribution in [0.1, 0.15) is 13.2 Å². The maximum absolute atomic E-state index is 5.21. The minimum Gasteiger partial charge on any atom is -0.460 e. The fraction of sp³-hybridized carbons (Fsp3) is 0.300. The average molecular weight is 179 g/mol. The Morgan fingerprint density at radius 3 is 3.00 bits per heavy atom. The van der Waals surface area contributed by atoms with Crippen molar-refractivity contribution in [2.45, 2.75) is 19.7 Å². The van der Waals surface area contributed by atoms with E-state index in [0.29, 0.717) is 0 Å². The van der Waals surface area contributed by atoms with E-state index in [4.69, 9.17) is 4.74 Å². The molecule has 0 saturated heterocycles. The molecule has 0 fully saturated rings. The van der Waals surface area contributed by atoms with E-state index >= 15 is 0 Å². The van der Waals surface area contributed by atoms with Crippen molar-refractivity contribution in [3.8, 4) is 0 Å². The van der Waals surface area contributed by atoms with Gasteiger partial charge >= 0.3 is 0 Å². The van der Waals surface area contributed by atoms with Crippen LogP contribution in [0.4, 0.5) is 0 Å². The van der Waals surface area contributed by atoms with Gasteiger partial charge in [0.1, 0.15) is 18.9 Å². The van der Waals surface area contributed by atoms with Crippen LogP contribution in [0.15, 0.2) is 44.2 Å². The summed E-state index contributed by atoms with van der Waals surface area (Å²) in [6.07, 6.45) is 9.19. The number of allylic oxidation sites excluding steroid dienone is 1. The summed E-state index contributed by atoms with van der Waals surface area (Å²) in [5.41, 5.74) is 0. The minimum absolute atomic E-state index is 0.0106. The lowest BCUT2D eigenvalue weighted by molar-refractivity contribution is -0.754. The lowest BCUT2D eigenvalue weighted by atomic mass is 10.6. The molecule has 0 amide bonds. The highest BCUT2D eigenvalue weighted by atomic mass is 16.5. The molecule has 0 saturated carbocycles. The molecule has 0 aliphatic rings. The molecule has 1 unspecified atom stereocenters. The lowest BCUT2D eigenvalue weighted by Gasteiger charge is -2.05. The van der Waals surface area contributed by atoms with E-state index in [1.165, 1.54) is 6.26 Å². The van der Waals surface area contributed by atoms with Gasteiger partial charge in [-0.05, 0) is 0 Å². The molecule has 0 radical (unpaired) electrons. The van der Waals surface area contributed by atoms with Gasteiger partial charge in [0.15, 0.2) is 0 Å². The molecule has 70 valence electrons. The maximum atomic E-state index is 5.21. The predicted molar refractivity (Wildman–Crippen MR) is 50.8 cm³/mol. The molecule has 0 aromatic carbocycles. The molecule has 0 bridgehead atoms. The topological polar surface area (TPSA) is 18.0 Å². The molecular formula is C10H15N2O+. The molecule has 0 N–H and O–H groups in total. The van der Waals surface area contributed by atoms with Gasteiger partial charge in [-0.25, -0.2) is 4.57 Å². The third-order valence-corrected chi connectivity index (χ3v) is 1.76. The summed E-state index contributed by atoms with van der Waals surface area (Å²) in [6, 6.07) is 0. The van der Waals surface area contributed by atoms with Crippen LogP contribution in [0.2, 0.25) is 0 Å². The largest absolute Gasteiger partial charge is 0.460 e. The maximum Gasteiger partial charge on any atom is 0.247 e. The first-order valence-corrected chi connectivity index (χ1v) is 4.21. The van der Waals surface area contributed by atoms with Gasteiger partial charge in [0.25, 0.3) is 0 Å². The molecule has 13 heavy (non-hydrogen) atoms. The van der Waals surface area contributed by atoms with E-state index in [-0.39, 0.29) is 6.23 Å². The Labute approximate surface area is 78.6 Å². The number of imidazole rings is 1. The van der Waals surface area contributed by atoms with Crippen molar-refractivity contribution in [3.63, 3.8) is 0 Å². The molecule has 1 aromatic heterocycles. The van der Waals surface area contributed by atoms with E-state index < -0.39 is 0 Å². The van der Waals surface area contributed by atoms with Crippen molar-refractivity contribution < 1.29 is 9.30 Å². The van der Waals surface area contributed by atoms with Gasteiger partial charge in [-0.1, -0.05) is 19.2 Å². The van der Waals surface area contributed by atoms with E-state index in [0.717, 1.165) is 6.54 Å². The molecule has 1 aromatic rings. The van der Waals surface area contributed by atoms with Crippen LogP contribution < -0.4 is 4.57 Å².